The Bertz CT molecular complexity index is 3690. The van der Waals surface area contributed by atoms with Gasteiger partial charge in [-0.25, -0.2) is 9.97 Å². The number of nitrogens with zero attached hydrogens (tertiary/aromatic N) is 4. The van der Waals surface area contributed by atoms with Crippen LogP contribution < -0.4 is 20.9 Å². The summed E-state index contributed by atoms with van der Waals surface area (Å²) in [6.45, 7) is 0. The second-order valence-corrected chi connectivity index (χ2v) is 20.1. The van der Waals surface area contributed by atoms with Crippen molar-refractivity contribution >= 4 is 72.6 Å². The Morgan fingerprint density at radius 3 is 1.54 bits per heavy atom. The standard InChI is InChI=1S/C58H38N4Si/c1-5-21-39(22-6-1)57-59-56(55-46-32-16-20-36-54(46)63(58(55)60-57,41-25-9-3-10-26-41)42-27-11-4-12-28-42)45-31-15-19-35-51(45)62-50-34-18-14-30-44(50)48-37-47-43-29-13-17-33-49(43)61(52(47)38-53(48)62)40-23-7-2-8-24-40/h1-38H. The number of fused-ring (bicyclic) bond motifs is 9. The van der Waals surface area contributed by atoms with Crippen molar-refractivity contribution in [1.82, 2.24) is 19.1 Å². The van der Waals surface area contributed by atoms with Crippen LogP contribution in [-0.4, -0.2) is 27.2 Å². The summed E-state index contributed by atoms with van der Waals surface area (Å²) in [5.41, 5.74) is 12.2. The van der Waals surface area contributed by atoms with Crippen LogP contribution in [0.15, 0.2) is 231 Å². The van der Waals surface area contributed by atoms with Gasteiger partial charge in [0, 0.05) is 43.9 Å². The van der Waals surface area contributed by atoms with E-state index in [9.17, 15) is 0 Å². The summed E-state index contributed by atoms with van der Waals surface area (Å²) in [5, 5.41) is 9.97. The van der Waals surface area contributed by atoms with E-state index >= 15 is 0 Å². The van der Waals surface area contributed by atoms with Crippen LogP contribution in [0.3, 0.4) is 0 Å². The summed E-state index contributed by atoms with van der Waals surface area (Å²) in [6.07, 6.45) is 0. The molecule has 0 unspecified atom stereocenters. The molecule has 13 rings (SSSR count). The van der Waals surface area contributed by atoms with Crippen LogP contribution in [-0.2, 0) is 0 Å². The summed E-state index contributed by atoms with van der Waals surface area (Å²) in [6, 6.07) is 83.8. The first-order valence-corrected chi connectivity index (χ1v) is 23.6. The Morgan fingerprint density at radius 1 is 0.365 bits per heavy atom. The fourth-order valence-corrected chi connectivity index (χ4v) is 15.6. The average Bonchev–Trinajstić information content (AvgIpc) is 3.98. The first-order chi connectivity index (χ1) is 31.3. The van der Waals surface area contributed by atoms with Crippen LogP contribution >= 0.6 is 0 Å². The monoisotopic (exact) mass is 818 g/mol. The SMILES string of the molecule is c1ccc(-c2nc(-c3ccccc3-n3c4ccccc4c4cc5c6ccccc6n(-c6ccccc6)c5cc43)c3c(n2)[Si](c2ccccc2)(c2ccccc2)c2ccccc2-3)cc1. The molecule has 0 radical (unpaired) electrons. The molecular formula is C58H38N4Si. The number of aromatic nitrogens is 4. The topological polar surface area (TPSA) is 35.6 Å². The van der Waals surface area contributed by atoms with Gasteiger partial charge in [0.15, 0.2) is 5.82 Å². The van der Waals surface area contributed by atoms with E-state index < -0.39 is 8.07 Å². The van der Waals surface area contributed by atoms with Crippen LogP contribution in [0.1, 0.15) is 0 Å². The molecule has 5 heteroatoms. The fraction of sp³-hybridized carbons (Fsp3) is 0. The Balaban J connectivity index is 1.16. The van der Waals surface area contributed by atoms with E-state index in [0.717, 1.165) is 55.9 Å². The minimum atomic E-state index is -2.97. The highest BCUT2D eigenvalue weighted by molar-refractivity contribution is 7.21. The molecule has 0 amide bonds. The molecule has 294 valence electrons. The highest BCUT2D eigenvalue weighted by Crippen LogP contribution is 2.43. The molecule has 9 aromatic carbocycles. The van der Waals surface area contributed by atoms with Crippen molar-refractivity contribution in [1.29, 1.82) is 0 Å². The van der Waals surface area contributed by atoms with E-state index in [1.807, 2.05) is 0 Å². The lowest BCUT2D eigenvalue weighted by Gasteiger charge is -2.30. The van der Waals surface area contributed by atoms with Crippen molar-refractivity contribution < 1.29 is 0 Å². The van der Waals surface area contributed by atoms with Gasteiger partial charge >= 0.3 is 0 Å². The van der Waals surface area contributed by atoms with E-state index in [-0.39, 0.29) is 0 Å². The average molecular weight is 819 g/mol. The lowest BCUT2D eigenvalue weighted by Crippen LogP contribution is -2.73. The first kappa shape index (κ1) is 35.6. The van der Waals surface area contributed by atoms with Crippen LogP contribution in [0, 0.1) is 0 Å². The number of hydrogen-bond donors (Lipinski definition) is 0. The van der Waals surface area contributed by atoms with Crippen molar-refractivity contribution in [2.75, 3.05) is 0 Å². The van der Waals surface area contributed by atoms with E-state index in [0.29, 0.717) is 0 Å². The molecule has 4 nitrogen and oxygen atoms in total. The van der Waals surface area contributed by atoms with E-state index in [2.05, 4.69) is 240 Å². The minimum absolute atomic E-state index is 0.729. The zero-order valence-electron chi connectivity index (χ0n) is 34.2. The molecule has 3 aromatic heterocycles. The number of hydrogen-bond acceptors (Lipinski definition) is 2. The lowest BCUT2D eigenvalue weighted by atomic mass is 9.99. The Morgan fingerprint density at radius 2 is 0.873 bits per heavy atom. The van der Waals surface area contributed by atoms with Gasteiger partial charge in [-0.3, -0.25) is 0 Å². The zero-order chi connectivity index (χ0) is 41.5. The summed E-state index contributed by atoms with van der Waals surface area (Å²) >= 11 is 0. The normalized spacial score (nSPS) is 12.9. The second-order valence-electron chi connectivity index (χ2n) is 16.5. The van der Waals surface area contributed by atoms with Crippen LogP contribution in [0.4, 0.5) is 0 Å². The molecule has 0 fully saturated rings. The smallest absolute Gasteiger partial charge is 0.203 e. The van der Waals surface area contributed by atoms with Crippen molar-refractivity contribution in [2.45, 2.75) is 0 Å². The van der Waals surface area contributed by atoms with Crippen molar-refractivity contribution in [3.8, 4) is 45.1 Å². The molecule has 0 bridgehead atoms. The highest BCUT2D eigenvalue weighted by Gasteiger charge is 2.51. The quantitative estimate of drug-likeness (QED) is 0.157. The third-order valence-electron chi connectivity index (χ3n) is 13.2. The maximum Gasteiger partial charge on any atom is 0.203 e. The molecule has 63 heavy (non-hydrogen) atoms. The van der Waals surface area contributed by atoms with E-state index in [1.54, 1.807) is 0 Å². The third kappa shape index (κ3) is 5.14. The van der Waals surface area contributed by atoms with Gasteiger partial charge < -0.3 is 9.13 Å². The number of para-hydroxylation sites is 4. The minimum Gasteiger partial charge on any atom is -0.309 e. The van der Waals surface area contributed by atoms with Gasteiger partial charge in [-0.1, -0.05) is 188 Å². The molecule has 12 aromatic rings. The number of benzene rings is 9. The van der Waals surface area contributed by atoms with Crippen molar-refractivity contribution in [3.63, 3.8) is 0 Å². The highest BCUT2D eigenvalue weighted by atomic mass is 28.3. The Labute approximate surface area is 365 Å². The predicted molar refractivity (Wildman–Crippen MR) is 264 cm³/mol. The maximum atomic E-state index is 5.76. The Hall–Kier alpha value is -8.12. The molecule has 0 atom stereocenters. The molecular weight excluding hydrogens is 781 g/mol. The van der Waals surface area contributed by atoms with Gasteiger partial charge in [-0.2, -0.15) is 0 Å². The molecule has 0 saturated carbocycles. The third-order valence-corrected chi connectivity index (χ3v) is 17.9. The van der Waals surface area contributed by atoms with Gasteiger partial charge in [0.25, 0.3) is 0 Å². The summed E-state index contributed by atoms with van der Waals surface area (Å²) in [4.78, 5) is 11.5. The van der Waals surface area contributed by atoms with Gasteiger partial charge in [0.2, 0.25) is 8.07 Å². The summed E-state index contributed by atoms with van der Waals surface area (Å²) < 4.78 is 4.89. The molecule has 0 spiro atoms. The predicted octanol–water partition coefficient (Wildman–Crippen LogP) is 11.4. The molecule has 4 heterocycles. The summed E-state index contributed by atoms with van der Waals surface area (Å²) in [5.74, 6) is 0.729. The van der Waals surface area contributed by atoms with Crippen molar-refractivity contribution in [2.24, 2.45) is 0 Å². The molecule has 0 N–H and O–H groups in total. The van der Waals surface area contributed by atoms with Gasteiger partial charge in [0.1, 0.15) is 0 Å². The zero-order valence-corrected chi connectivity index (χ0v) is 35.2. The van der Waals surface area contributed by atoms with Gasteiger partial charge in [-0.05, 0) is 63.6 Å². The van der Waals surface area contributed by atoms with Gasteiger partial charge in [-0.15, -0.1) is 0 Å². The first-order valence-electron chi connectivity index (χ1n) is 21.6. The molecule has 0 aliphatic carbocycles. The maximum absolute atomic E-state index is 5.76. The largest absolute Gasteiger partial charge is 0.309 e. The molecule has 1 aliphatic rings. The van der Waals surface area contributed by atoms with Crippen LogP contribution in [0.5, 0.6) is 0 Å². The van der Waals surface area contributed by atoms with Crippen LogP contribution in [0.2, 0.25) is 0 Å². The number of rotatable bonds is 6. The summed E-state index contributed by atoms with van der Waals surface area (Å²) in [7, 11) is -2.97. The van der Waals surface area contributed by atoms with Gasteiger partial charge in [0.05, 0.1) is 38.8 Å². The Kier molecular flexibility index (Phi) is 7.89. The lowest BCUT2D eigenvalue weighted by molar-refractivity contribution is 1.15. The van der Waals surface area contributed by atoms with E-state index in [4.69, 9.17) is 9.97 Å². The van der Waals surface area contributed by atoms with Crippen molar-refractivity contribution in [3.05, 3.63) is 231 Å². The molecule has 1 aliphatic heterocycles. The molecule has 0 saturated heterocycles. The fourth-order valence-electron chi connectivity index (χ4n) is 10.6. The van der Waals surface area contributed by atoms with E-state index in [1.165, 1.54) is 53.7 Å². The second kappa shape index (κ2) is 14.0. The van der Waals surface area contributed by atoms with Crippen LogP contribution in [0.25, 0.3) is 88.8 Å².